The summed E-state index contributed by atoms with van der Waals surface area (Å²) in [5, 5.41) is 17.2. The zero-order valence-corrected chi connectivity index (χ0v) is 13.3. The van der Waals surface area contributed by atoms with Gasteiger partial charge < -0.3 is 10.6 Å². The number of nitrogens with one attached hydrogen (secondary N) is 2. The Hall–Kier alpha value is -1.77. The van der Waals surface area contributed by atoms with Gasteiger partial charge in [0.2, 0.25) is 11.6 Å². The van der Waals surface area contributed by atoms with Crippen molar-refractivity contribution in [2.24, 2.45) is 0 Å². The summed E-state index contributed by atoms with van der Waals surface area (Å²) in [5.41, 5.74) is -0.157. The normalized spacial score (nSPS) is 13.5. The van der Waals surface area contributed by atoms with Gasteiger partial charge in [0.1, 0.15) is 6.33 Å². The van der Waals surface area contributed by atoms with Gasteiger partial charge in [0.15, 0.2) is 0 Å². The predicted molar refractivity (Wildman–Crippen MR) is 84.1 cm³/mol. The average Bonchev–Trinajstić information content (AvgIpc) is 2.42. The molecule has 1 rings (SSSR count). The molecule has 2 atom stereocenters. The average molecular weight is 315 g/mol. The minimum atomic E-state index is -0.886. The molecule has 9 heteroatoms. The van der Waals surface area contributed by atoms with E-state index in [-0.39, 0.29) is 23.4 Å². The Balaban J connectivity index is 2.90. The van der Waals surface area contributed by atoms with Crippen molar-refractivity contribution < 1.29 is 9.13 Å². The molecule has 0 spiro atoms. The lowest BCUT2D eigenvalue weighted by atomic mass is 10.2. The Bertz CT molecular complexity index is 512. The summed E-state index contributed by atoms with van der Waals surface area (Å²) in [5.74, 6) is 0.933. The third-order valence-corrected chi connectivity index (χ3v) is 3.58. The Kier molecular flexibility index (Phi) is 7.00. The Morgan fingerprint density at radius 3 is 2.67 bits per heavy atom. The van der Waals surface area contributed by atoms with Crippen LogP contribution in [0.5, 0.6) is 0 Å². The number of aromatic nitrogens is 2. The number of rotatable bonds is 9. The first kappa shape index (κ1) is 17.3. The standard InChI is InChI=1S/C12H21N5O3S/c1-4-6-13-11-10(17(18)19)12(15-8-14-11)16-9(2)5-7-21(3)20/h8-9H,4-7H2,1-3H3,(H2,13,14,15,16). The van der Waals surface area contributed by atoms with Crippen LogP contribution in [0.4, 0.5) is 17.3 Å². The molecule has 1 aromatic heterocycles. The summed E-state index contributed by atoms with van der Waals surface area (Å²) in [6, 6.07) is -0.0680. The third-order valence-electron chi connectivity index (χ3n) is 2.77. The second-order valence-electron chi connectivity index (χ2n) is 4.71. The van der Waals surface area contributed by atoms with E-state index >= 15 is 0 Å². The quantitative estimate of drug-likeness (QED) is 0.528. The van der Waals surface area contributed by atoms with Gasteiger partial charge in [-0.2, -0.15) is 0 Å². The van der Waals surface area contributed by atoms with Crippen LogP contribution in [0.25, 0.3) is 0 Å². The third kappa shape index (κ3) is 5.62. The summed E-state index contributed by atoms with van der Waals surface area (Å²) < 4.78 is 11.1. The van der Waals surface area contributed by atoms with Crippen LogP contribution in [0.1, 0.15) is 26.7 Å². The molecule has 0 aliphatic heterocycles. The van der Waals surface area contributed by atoms with Gasteiger partial charge in [-0.05, 0) is 19.8 Å². The second kappa shape index (κ2) is 8.50. The highest BCUT2D eigenvalue weighted by molar-refractivity contribution is 7.84. The molecule has 0 aliphatic rings. The van der Waals surface area contributed by atoms with E-state index in [4.69, 9.17) is 0 Å². The maximum absolute atomic E-state index is 11.3. The highest BCUT2D eigenvalue weighted by Crippen LogP contribution is 2.29. The fourth-order valence-corrected chi connectivity index (χ4v) is 2.36. The lowest BCUT2D eigenvalue weighted by Crippen LogP contribution is -2.20. The van der Waals surface area contributed by atoms with Gasteiger partial charge in [-0.1, -0.05) is 6.92 Å². The van der Waals surface area contributed by atoms with Crippen molar-refractivity contribution in [3.8, 4) is 0 Å². The molecule has 21 heavy (non-hydrogen) atoms. The highest BCUT2D eigenvalue weighted by Gasteiger charge is 2.23. The van der Waals surface area contributed by atoms with Gasteiger partial charge in [-0.15, -0.1) is 0 Å². The number of hydrogen-bond acceptors (Lipinski definition) is 7. The van der Waals surface area contributed by atoms with Crippen LogP contribution in [-0.2, 0) is 10.8 Å². The monoisotopic (exact) mass is 315 g/mol. The van der Waals surface area contributed by atoms with E-state index < -0.39 is 15.7 Å². The topological polar surface area (TPSA) is 110 Å². The van der Waals surface area contributed by atoms with Gasteiger partial charge in [0, 0.05) is 35.4 Å². The fraction of sp³-hybridized carbons (Fsp3) is 0.667. The lowest BCUT2D eigenvalue weighted by molar-refractivity contribution is -0.383. The van der Waals surface area contributed by atoms with Gasteiger partial charge in [0.05, 0.1) is 4.92 Å². The SMILES string of the molecule is CCCNc1ncnc(NC(C)CCS(C)=O)c1[N+](=O)[O-]. The summed E-state index contributed by atoms with van der Waals surface area (Å²) in [6.45, 7) is 4.44. The molecule has 2 unspecified atom stereocenters. The van der Waals surface area contributed by atoms with Crippen LogP contribution in [0, 0.1) is 10.1 Å². The molecule has 0 radical (unpaired) electrons. The van der Waals surface area contributed by atoms with Gasteiger partial charge in [0.25, 0.3) is 0 Å². The summed E-state index contributed by atoms with van der Waals surface area (Å²) in [6.07, 6.45) is 4.40. The number of nitro groups is 1. The van der Waals surface area contributed by atoms with Gasteiger partial charge >= 0.3 is 5.69 Å². The number of anilines is 2. The molecule has 8 nitrogen and oxygen atoms in total. The molecular formula is C12H21N5O3S. The van der Waals surface area contributed by atoms with Crippen LogP contribution in [0.15, 0.2) is 6.33 Å². The first-order chi connectivity index (χ1) is 9.95. The van der Waals surface area contributed by atoms with Crippen molar-refractivity contribution in [3.05, 3.63) is 16.4 Å². The van der Waals surface area contributed by atoms with Crippen molar-refractivity contribution in [3.63, 3.8) is 0 Å². The van der Waals surface area contributed by atoms with E-state index in [9.17, 15) is 14.3 Å². The zero-order chi connectivity index (χ0) is 15.8. The first-order valence-corrected chi connectivity index (χ1v) is 8.48. The van der Waals surface area contributed by atoms with Crippen LogP contribution >= 0.6 is 0 Å². The van der Waals surface area contributed by atoms with E-state index in [1.807, 2.05) is 13.8 Å². The molecule has 2 N–H and O–H groups in total. The van der Waals surface area contributed by atoms with Gasteiger partial charge in [-0.25, -0.2) is 9.97 Å². The summed E-state index contributed by atoms with van der Waals surface area (Å²) in [4.78, 5) is 18.6. The predicted octanol–water partition coefficient (Wildman–Crippen LogP) is 1.78. The van der Waals surface area contributed by atoms with Crippen LogP contribution in [-0.4, -0.2) is 43.7 Å². The minimum Gasteiger partial charge on any atom is -0.364 e. The van der Waals surface area contributed by atoms with Crippen LogP contribution < -0.4 is 10.6 Å². The van der Waals surface area contributed by atoms with Crippen LogP contribution in [0.2, 0.25) is 0 Å². The largest absolute Gasteiger partial charge is 0.364 e. The van der Waals surface area contributed by atoms with Crippen molar-refractivity contribution in [1.82, 2.24) is 9.97 Å². The molecular weight excluding hydrogens is 294 g/mol. The molecule has 0 saturated carbocycles. The highest BCUT2D eigenvalue weighted by atomic mass is 32.2. The molecule has 118 valence electrons. The molecule has 0 fully saturated rings. The van der Waals surface area contributed by atoms with Crippen molar-refractivity contribution >= 4 is 28.1 Å². The second-order valence-corrected chi connectivity index (χ2v) is 6.27. The number of nitrogens with zero attached hydrogens (tertiary/aromatic N) is 3. The molecule has 1 heterocycles. The fourth-order valence-electron chi connectivity index (χ4n) is 1.68. The molecule has 1 aromatic rings. The first-order valence-electron chi connectivity index (χ1n) is 6.75. The van der Waals surface area contributed by atoms with E-state index in [0.717, 1.165) is 6.42 Å². The molecule has 0 aliphatic carbocycles. The molecule has 0 bridgehead atoms. The van der Waals surface area contributed by atoms with Crippen molar-refractivity contribution in [2.45, 2.75) is 32.7 Å². The Morgan fingerprint density at radius 2 is 2.10 bits per heavy atom. The maximum atomic E-state index is 11.3. The Labute approximate surface area is 126 Å². The maximum Gasteiger partial charge on any atom is 0.353 e. The zero-order valence-electron chi connectivity index (χ0n) is 12.5. The van der Waals surface area contributed by atoms with E-state index in [2.05, 4.69) is 20.6 Å². The lowest BCUT2D eigenvalue weighted by Gasteiger charge is -2.14. The minimum absolute atomic E-state index is 0.0680. The molecule has 0 saturated heterocycles. The smallest absolute Gasteiger partial charge is 0.353 e. The molecule has 0 aromatic carbocycles. The van der Waals surface area contributed by atoms with E-state index in [0.29, 0.717) is 18.7 Å². The van der Waals surface area contributed by atoms with Gasteiger partial charge in [-0.3, -0.25) is 14.3 Å². The summed E-state index contributed by atoms with van der Waals surface area (Å²) in [7, 11) is -0.886. The van der Waals surface area contributed by atoms with E-state index in [1.165, 1.54) is 6.33 Å². The Morgan fingerprint density at radius 1 is 1.43 bits per heavy atom. The van der Waals surface area contributed by atoms with E-state index in [1.54, 1.807) is 6.26 Å². The molecule has 0 amide bonds. The summed E-state index contributed by atoms with van der Waals surface area (Å²) >= 11 is 0. The van der Waals surface area contributed by atoms with Crippen LogP contribution in [0.3, 0.4) is 0 Å². The van der Waals surface area contributed by atoms with Crippen molar-refractivity contribution in [1.29, 1.82) is 0 Å². The van der Waals surface area contributed by atoms with Crippen molar-refractivity contribution in [2.75, 3.05) is 29.2 Å². The number of hydrogen-bond donors (Lipinski definition) is 2.